The van der Waals surface area contributed by atoms with Crippen LogP contribution in [0.4, 0.5) is 16.2 Å². The Bertz CT molecular complexity index is 363. The average molecular weight is 251 g/mol. The monoisotopic (exact) mass is 251 g/mol. The Morgan fingerprint density at radius 3 is 2.61 bits per heavy atom. The predicted molar refractivity (Wildman–Crippen MR) is 73.6 cm³/mol. The molecule has 0 heterocycles. The van der Waals surface area contributed by atoms with Crippen molar-refractivity contribution in [1.82, 2.24) is 5.32 Å². The molecule has 0 spiro atoms. The summed E-state index contributed by atoms with van der Waals surface area (Å²) in [6, 6.07) is 6.79. The molecule has 4 N–H and O–H groups in total. The molecule has 5 heteroatoms. The topological polar surface area (TPSA) is 76.4 Å². The van der Waals surface area contributed by atoms with E-state index in [0.29, 0.717) is 18.8 Å². The second kappa shape index (κ2) is 7.55. The van der Waals surface area contributed by atoms with Crippen LogP contribution in [0.3, 0.4) is 0 Å². The minimum Gasteiger partial charge on any atom is -0.399 e. The van der Waals surface area contributed by atoms with Crippen molar-refractivity contribution in [3.63, 3.8) is 0 Å². The quantitative estimate of drug-likeness (QED) is 0.536. The van der Waals surface area contributed by atoms with Crippen molar-refractivity contribution < 1.29 is 9.53 Å². The summed E-state index contributed by atoms with van der Waals surface area (Å²) >= 11 is 0. The molecule has 0 atom stereocenters. The van der Waals surface area contributed by atoms with Crippen LogP contribution in [-0.4, -0.2) is 25.3 Å². The van der Waals surface area contributed by atoms with E-state index in [1.165, 1.54) is 0 Å². The second-order valence-electron chi connectivity index (χ2n) is 4.28. The summed E-state index contributed by atoms with van der Waals surface area (Å²) in [7, 11) is 0. The van der Waals surface area contributed by atoms with E-state index in [1.54, 1.807) is 24.3 Å². The lowest BCUT2D eigenvalue weighted by Crippen LogP contribution is -2.30. The van der Waals surface area contributed by atoms with E-state index in [2.05, 4.69) is 10.6 Å². The smallest absolute Gasteiger partial charge is 0.319 e. The molecular formula is C13H21N3O2. The zero-order valence-electron chi connectivity index (χ0n) is 10.9. The van der Waals surface area contributed by atoms with Crippen molar-refractivity contribution in [3.05, 3.63) is 24.3 Å². The largest absolute Gasteiger partial charge is 0.399 e. The summed E-state index contributed by atoms with van der Waals surface area (Å²) in [4.78, 5) is 11.5. The lowest BCUT2D eigenvalue weighted by molar-refractivity contribution is 0.0775. The zero-order chi connectivity index (χ0) is 13.4. The molecule has 1 aromatic carbocycles. The molecule has 2 amide bonds. The molecule has 0 aromatic heterocycles. The molecule has 0 saturated heterocycles. The average Bonchev–Trinajstić information content (AvgIpc) is 2.31. The Morgan fingerprint density at radius 1 is 1.33 bits per heavy atom. The Morgan fingerprint density at radius 2 is 2.00 bits per heavy atom. The maximum atomic E-state index is 11.5. The maximum Gasteiger partial charge on any atom is 0.319 e. The number of nitrogens with two attached hydrogens (primary N) is 1. The van der Waals surface area contributed by atoms with Crippen molar-refractivity contribution in [2.24, 2.45) is 0 Å². The van der Waals surface area contributed by atoms with Gasteiger partial charge in [-0.1, -0.05) is 0 Å². The lowest BCUT2D eigenvalue weighted by atomic mass is 10.3. The summed E-state index contributed by atoms with van der Waals surface area (Å²) in [6.07, 6.45) is 1.03. The summed E-state index contributed by atoms with van der Waals surface area (Å²) < 4.78 is 5.37. The summed E-state index contributed by atoms with van der Waals surface area (Å²) in [6.45, 7) is 5.22. The number of ether oxygens (including phenoxy) is 1. The van der Waals surface area contributed by atoms with Crippen molar-refractivity contribution in [2.45, 2.75) is 26.4 Å². The highest BCUT2D eigenvalue weighted by atomic mass is 16.5. The van der Waals surface area contributed by atoms with E-state index in [4.69, 9.17) is 10.5 Å². The highest BCUT2D eigenvalue weighted by Gasteiger charge is 2.00. The van der Waals surface area contributed by atoms with Gasteiger partial charge in [-0.05, 0) is 44.5 Å². The van der Waals surface area contributed by atoms with Gasteiger partial charge in [0.2, 0.25) is 0 Å². The minimum atomic E-state index is -0.218. The Hall–Kier alpha value is -1.75. The van der Waals surface area contributed by atoms with Crippen LogP contribution in [0.5, 0.6) is 0 Å². The fourth-order valence-corrected chi connectivity index (χ4v) is 1.33. The molecule has 0 aliphatic heterocycles. The number of benzene rings is 1. The fraction of sp³-hybridized carbons (Fsp3) is 0.462. The van der Waals surface area contributed by atoms with E-state index < -0.39 is 0 Å². The number of carbonyl (C=O) groups is 1. The zero-order valence-corrected chi connectivity index (χ0v) is 10.9. The number of urea groups is 1. The first-order valence-electron chi connectivity index (χ1n) is 6.10. The molecule has 1 aromatic rings. The molecule has 0 fully saturated rings. The number of carbonyl (C=O) groups excluding carboxylic acids is 1. The number of anilines is 2. The number of nitrogens with one attached hydrogen (secondary N) is 2. The van der Waals surface area contributed by atoms with Crippen molar-refractivity contribution in [1.29, 1.82) is 0 Å². The molecule has 5 nitrogen and oxygen atoms in total. The van der Waals surface area contributed by atoms with E-state index in [9.17, 15) is 4.79 Å². The lowest BCUT2D eigenvalue weighted by Gasteiger charge is -2.09. The minimum absolute atomic E-state index is 0.218. The SMILES string of the molecule is CC(C)OCCCNC(=O)Nc1ccc(N)cc1. The Kier molecular flexibility index (Phi) is 6.00. The van der Waals surface area contributed by atoms with Crippen LogP contribution >= 0.6 is 0 Å². The van der Waals surface area contributed by atoms with Crippen LogP contribution in [0.15, 0.2) is 24.3 Å². The fourth-order valence-electron chi connectivity index (χ4n) is 1.33. The first kappa shape index (κ1) is 14.3. The van der Waals surface area contributed by atoms with Gasteiger partial charge in [0.1, 0.15) is 0 Å². The van der Waals surface area contributed by atoms with Gasteiger partial charge in [0.15, 0.2) is 0 Å². The number of amides is 2. The van der Waals surface area contributed by atoms with Gasteiger partial charge >= 0.3 is 6.03 Å². The molecule has 0 bridgehead atoms. The van der Waals surface area contributed by atoms with Crippen molar-refractivity contribution in [2.75, 3.05) is 24.2 Å². The van der Waals surface area contributed by atoms with Crippen molar-refractivity contribution in [3.8, 4) is 0 Å². The molecule has 18 heavy (non-hydrogen) atoms. The van der Waals surface area contributed by atoms with E-state index in [0.717, 1.165) is 12.1 Å². The van der Waals surface area contributed by atoms with Gasteiger partial charge in [-0.25, -0.2) is 4.79 Å². The van der Waals surface area contributed by atoms with Crippen LogP contribution in [0.2, 0.25) is 0 Å². The van der Waals surface area contributed by atoms with Gasteiger partial charge in [-0.2, -0.15) is 0 Å². The van der Waals surface area contributed by atoms with E-state index >= 15 is 0 Å². The molecule has 0 saturated carbocycles. The standard InChI is InChI=1S/C13H21N3O2/c1-10(2)18-9-3-8-15-13(17)16-12-6-4-11(14)5-7-12/h4-7,10H,3,8-9,14H2,1-2H3,(H2,15,16,17). The van der Waals surface area contributed by atoms with Crippen LogP contribution < -0.4 is 16.4 Å². The van der Waals surface area contributed by atoms with Crippen molar-refractivity contribution >= 4 is 17.4 Å². The summed E-state index contributed by atoms with van der Waals surface area (Å²) in [5.41, 5.74) is 6.95. The Balaban J connectivity index is 2.16. The van der Waals surface area contributed by atoms with Gasteiger partial charge < -0.3 is 21.1 Å². The number of nitrogen functional groups attached to an aromatic ring is 1. The molecule has 0 aliphatic rings. The maximum absolute atomic E-state index is 11.5. The first-order chi connectivity index (χ1) is 8.58. The van der Waals surface area contributed by atoms with Gasteiger partial charge in [0.05, 0.1) is 6.10 Å². The van der Waals surface area contributed by atoms with Gasteiger partial charge in [-0.15, -0.1) is 0 Å². The van der Waals surface area contributed by atoms with Crippen LogP contribution in [0.1, 0.15) is 20.3 Å². The molecule has 100 valence electrons. The highest BCUT2D eigenvalue weighted by molar-refractivity contribution is 5.89. The number of hydrogen-bond acceptors (Lipinski definition) is 3. The predicted octanol–water partition coefficient (Wildman–Crippen LogP) is 2.21. The van der Waals surface area contributed by atoms with Crippen LogP contribution in [0.25, 0.3) is 0 Å². The van der Waals surface area contributed by atoms with E-state index in [-0.39, 0.29) is 12.1 Å². The van der Waals surface area contributed by atoms with Gasteiger partial charge in [0.25, 0.3) is 0 Å². The molecule has 0 aliphatic carbocycles. The van der Waals surface area contributed by atoms with Gasteiger partial charge in [-0.3, -0.25) is 0 Å². The number of rotatable bonds is 6. The third-order valence-corrected chi connectivity index (χ3v) is 2.23. The summed E-state index contributed by atoms with van der Waals surface area (Å²) in [5, 5.41) is 5.48. The molecular weight excluding hydrogens is 230 g/mol. The second-order valence-corrected chi connectivity index (χ2v) is 4.28. The van der Waals surface area contributed by atoms with Gasteiger partial charge in [0, 0.05) is 24.5 Å². The third-order valence-electron chi connectivity index (χ3n) is 2.23. The first-order valence-corrected chi connectivity index (χ1v) is 6.10. The Labute approximate surface area is 108 Å². The van der Waals surface area contributed by atoms with E-state index in [1.807, 2.05) is 13.8 Å². The molecule has 0 unspecified atom stereocenters. The van der Waals surface area contributed by atoms with Crippen LogP contribution in [0, 0.1) is 0 Å². The molecule has 0 radical (unpaired) electrons. The summed E-state index contributed by atoms with van der Waals surface area (Å²) in [5.74, 6) is 0. The normalized spacial score (nSPS) is 10.4. The number of hydrogen-bond donors (Lipinski definition) is 3. The van der Waals surface area contributed by atoms with Crippen LogP contribution in [-0.2, 0) is 4.74 Å². The third kappa shape index (κ3) is 6.10. The molecule has 1 rings (SSSR count). The highest BCUT2D eigenvalue weighted by Crippen LogP contribution is 2.09.